The lowest BCUT2D eigenvalue weighted by molar-refractivity contribution is 1.37. The molecule has 2 heteroatoms. The van der Waals surface area contributed by atoms with Crippen molar-refractivity contribution in [2.24, 2.45) is 0 Å². The van der Waals surface area contributed by atoms with Crippen LogP contribution in [0.25, 0.3) is 53.3 Å². The Balaban J connectivity index is 1.67. The summed E-state index contributed by atoms with van der Waals surface area (Å²) in [6.45, 7) is 4.39. The van der Waals surface area contributed by atoms with E-state index in [4.69, 9.17) is 4.98 Å². The van der Waals surface area contributed by atoms with E-state index in [1.54, 1.807) is 0 Å². The predicted molar refractivity (Wildman–Crippen MR) is 135 cm³/mol. The van der Waals surface area contributed by atoms with Crippen molar-refractivity contribution >= 4 is 43.0 Å². The summed E-state index contributed by atoms with van der Waals surface area (Å²) in [5.74, 6) is 0. The van der Waals surface area contributed by atoms with Gasteiger partial charge < -0.3 is 0 Å². The van der Waals surface area contributed by atoms with E-state index in [0.29, 0.717) is 0 Å². The highest BCUT2D eigenvalue weighted by atomic mass is 32.1. The van der Waals surface area contributed by atoms with Crippen LogP contribution in [0.15, 0.2) is 91.1 Å². The molecule has 1 nitrogen and oxygen atoms in total. The van der Waals surface area contributed by atoms with E-state index in [1.165, 1.54) is 58.8 Å². The molecule has 2 heterocycles. The topological polar surface area (TPSA) is 12.9 Å². The van der Waals surface area contributed by atoms with Crippen LogP contribution in [0.3, 0.4) is 0 Å². The molecule has 31 heavy (non-hydrogen) atoms. The highest BCUT2D eigenvalue weighted by Gasteiger charge is 2.16. The third kappa shape index (κ3) is 2.87. The molecule has 6 aromatic rings. The highest BCUT2D eigenvalue weighted by molar-refractivity contribution is 7.22. The molecule has 0 fully saturated rings. The van der Waals surface area contributed by atoms with E-state index in [9.17, 15) is 0 Å². The van der Waals surface area contributed by atoms with Gasteiger partial charge in [-0.3, -0.25) is 4.98 Å². The fourth-order valence-corrected chi connectivity index (χ4v) is 5.99. The summed E-state index contributed by atoms with van der Waals surface area (Å²) in [6, 6.07) is 30.6. The third-order valence-electron chi connectivity index (χ3n) is 6.20. The van der Waals surface area contributed by atoms with Gasteiger partial charge in [-0.15, -0.1) is 11.3 Å². The van der Waals surface area contributed by atoms with Crippen molar-refractivity contribution in [1.82, 2.24) is 4.98 Å². The first-order valence-corrected chi connectivity index (χ1v) is 11.4. The minimum absolute atomic E-state index is 1.06. The Kier molecular flexibility index (Phi) is 4.15. The molecule has 0 aliphatic rings. The summed E-state index contributed by atoms with van der Waals surface area (Å²) in [5, 5.41) is 6.29. The van der Waals surface area contributed by atoms with Gasteiger partial charge in [-0.05, 0) is 70.3 Å². The lowest BCUT2D eigenvalue weighted by Gasteiger charge is -2.11. The van der Waals surface area contributed by atoms with E-state index in [2.05, 4.69) is 98.8 Å². The summed E-state index contributed by atoms with van der Waals surface area (Å²) >= 11 is 1.86. The Labute approximate surface area is 185 Å². The Morgan fingerprint density at radius 1 is 0.645 bits per heavy atom. The number of nitrogens with zero attached hydrogens (tertiary/aromatic N) is 1. The number of fused-ring (bicyclic) bond motifs is 4. The third-order valence-corrected chi connectivity index (χ3v) is 7.31. The molecule has 0 saturated carbocycles. The van der Waals surface area contributed by atoms with Gasteiger partial charge in [-0.25, -0.2) is 0 Å². The van der Waals surface area contributed by atoms with Crippen LogP contribution in [0.1, 0.15) is 11.1 Å². The molecule has 0 amide bonds. The molecule has 0 bridgehead atoms. The summed E-state index contributed by atoms with van der Waals surface area (Å²) in [6.07, 6.45) is 1.95. The van der Waals surface area contributed by atoms with Crippen molar-refractivity contribution in [3.05, 3.63) is 102 Å². The molecule has 0 spiro atoms. The molecule has 0 aliphatic carbocycles. The summed E-state index contributed by atoms with van der Waals surface area (Å²) in [4.78, 5) is 6.20. The van der Waals surface area contributed by atoms with Gasteiger partial charge in [0, 0.05) is 26.7 Å². The number of aryl methyl sites for hydroxylation is 2. The first-order chi connectivity index (χ1) is 15.2. The number of benzene rings is 4. The standard InChI is InChI=1S/C29H21NS/c1-18-8-7-9-19(2)28(18)27-17-25-26(31-27)14-15-30-29(25)24-16-20-10-3-4-11-21(20)22-12-5-6-13-23(22)24/h3-17H,1-2H3. The van der Waals surface area contributed by atoms with Crippen molar-refractivity contribution < 1.29 is 0 Å². The Hall–Kier alpha value is -3.49. The number of pyridine rings is 1. The molecule has 4 aromatic carbocycles. The minimum Gasteiger partial charge on any atom is -0.256 e. The maximum atomic E-state index is 4.89. The van der Waals surface area contributed by atoms with E-state index in [1.807, 2.05) is 17.5 Å². The van der Waals surface area contributed by atoms with Crippen LogP contribution in [0, 0.1) is 13.8 Å². The summed E-state index contributed by atoms with van der Waals surface area (Å²) in [7, 11) is 0. The average molecular weight is 416 g/mol. The fourth-order valence-electron chi connectivity index (χ4n) is 4.75. The quantitative estimate of drug-likeness (QED) is 0.258. The second-order valence-corrected chi connectivity index (χ2v) is 9.22. The van der Waals surface area contributed by atoms with Crippen LogP contribution in [-0.4, -0.2) is 4.98 Å². The van der Waals surface area contributed by atoms with Crippen LogP contribution in [0.5, 0.6) is 0 Å². The largest absolute Gasteiger partial charge is 0.256 e. The lowest BCUT2D eigenvalue weighted by Crippen LogP contribution is -1.88. The second-order valence-electron chi connectivity index (χ2n) is 8.14. The minimum atomic E-state index is 1.06. The van der Waals surface area contributed by atoms with Crippen LogP contribution in [-0.2, 0) is 0 Å². The molecule has 148 valence electrons. The molecule has 0 N–H and O–H groups in total. The number of thiophene rings is 1. The highest BCUT2D eigenvalue weighted by Crippen LogP contribution is 2.42. The van der Waals surface area contributed by atoms with Crippen molar-refractivity contribution in [2.45, 2.75) is 13.8 Å². The Morgan fingerprint density at radius 3 is 2.16 bits per heavy atom. The maximum absolute atomic E-state index is 4.89. The predicted octanol–water partition coefficient (Wildman–Crippen LogP) is 8.55. The fraction of sp³-hybridized carbons (Fsp3) is 0.0690. The zero-order valence-electron chi connectivity index (χ0n) is 17.5. The number of hydrogen-bond donors (Lipinski definition) is 0. The first kappa shape index (κ1) is 18.3. The van der Waals surface area contributed by atoms with Gasteiger partial charge in [0.2, 0.25) is 0 Å². The van der Waals surface area contributed by atoms with Gasteiger partial charge in [0.05, 0.1) is 5.69 Å². The number of aromatic nitrogens is 1. The van der Waals surface area contributed by atoms with Gasteiger partial charge in [-0.2, -0.15) is 0 Å². The van der Waals surface area contributed by atoms with Crippen molar-refractivity contribution in [1.29, 1.82) is 0 Å². The SMILES string of the molecule is Cc1cccc(C)c1-c1cc2c(-c3cc4ccccc4c4ccccc34)nccc2s1. The summed E-state index contributed by atoms with van der Waals surface area (Å²) < 4.78 is 1.28. The average Bonchev–Trinajstić information content (AvgIpc) is 3.22. The molecule has 0 unspecified atom stereocenters. The van der Waals surface area contributed by atoms with Crippen molar-refractivity contribution in [2.75, 3.05) is 0 Å². The molecule has 2 aromatic heterocycles. The van der Waals surface area contributed by atoms with Gasteiger partial charge in [0.1, 0.15) is 0 Å². The normalized spacial score (nSPS) is 11.5. The molecule has 0 saturated heterocycles. The number of hydrogen-bond acceptors (Lipinski definition) is 2. The number of rotatable bonds is 2. The second kappa shape index (κ2) is 7.04. The van der Waals surface area contributed by atoms with Gasteiger partial charge in [-0.1, -0.05) is 66.7 Å². The molecule has 0 atom stereocenters. The summed E-state index contributed by atoms with van der Waals surface area (Å²) in [5.41, 5.74) is 6.24. The first-order valence-electron chi connectivity index (χ1n) is 10.6. The van der Waals surface area contributed by atoms with Crippen LogP contribution in [0.4, 0.5) is 0 Å². The van der Waals surface area contributed by atoms with E-state index < -0.39 is 0 Å². The van der Waals surface area contributed by atoms with E-state index >= 15 is 0 Å². The molecular weight excluding hydrogens is 394 g/mol. The van der Waals surface area contributed by atoms with Gasteiger partial charge >= 0.3 is 0 Å². The lowest BCUT2D eigenvalue weighted by atomic mass is 9.94. The van der Waals surface area contributed by atoms with Crippen LogP contribution in [0.2, 0.25) is 0 Å². The Morgan fingerprint density at radius 2 is 1.35 bits per heavy atom. The molecule has 0 aliphatic heterocycles. The van der Waals surface area contributed by atoms with E-state index in [0.717, 1.165) is 5.69 Å². The van der Waals surface area contributed by atoms with Crippen LogP contribution >= 0.6 is 11.3 Å². The zero-order chi connectivity index (χ0) is 20.9. The van der Waals surface area contributed by atoms with Crippen molar-refractivity contribution in [3.63, 3.8) is 0 Å². The van der Waals surface area contributed by atoms with Crippen LogP contribution < -0.4 is 0 Å². The maximum Gasteiger partial charge on any atom is 0.0795 e. The van der Waals surface area contributed by atoms with Gasteiger partial charge in [0.25, 0.3) is 0 Å². The molecule has 6 rings (SSSR count). The van der Waals surface area contributed by atoms with E-state index in [-0.39, 0.29) is 0 Å². The van der Waals surface area contributed by atoms with Crippen molar-refractivity contribution in [3.8, 4) is 21.7 Å². The molecular formula is C29H21NS. The zero-order valence-corrected chi connectivity index (χ0v) is 18.3. The smallest absolute Gasteiger partial charge is 0.0795 e. The molecule has 0 radical (unpaired) electrons. The van der Waals surface area contributed by atoms with Gasteiger partial charge in [0.15, 0.2) is 0 Å². The Bertz CT molecular complexity index is 1590. The monoisotopic (exact) mass is 415 g/mol.